The number of aliphatic hydroxyl groups is 1. The second kappa shape index (κ2) is 26.9. The number of carbonyl (C=O) groups excluding carboxylic acids is 1. The molecule has 0 aromatic heterocycles. The van der Waals surface area contributed by atoms with Crippen molar-refractivity contribution >= 4 is 11.9 Å². The first kappa shape index (κ1) is 39.0. The molecule has 0 aliphatic carbocycles. The number of ether oxygens (including phenoxy) is 2. The van der Waals surface area contributed by atoms with Crippen LogP contribution in [0.5, 0.6) is 0 Å². The van der Waals surface area contributed by atoms with E-state index in [-0.39, 0.29) is 25.8 Å². The van der Waals surface area contributed by atoms with E-state index in [2.05, 4.69) is 43.4 Å². The van der Waals surface area contributed by atoms with Crippen LogP contribution in [0.15, 0.2) is 36.5 Å². The molecular weight excluding hydrogens is 518 g/mol. The molecule has 7 nitrogen and oxygen atoms in total. The lowest BCUT2D eigenvalue weighted by atomic mass is 10.0. The fraction of sp³-hybridized carbons (Fsp3) is 0.765. The summed E-state index contributed by atoms with van der Waals surface area (Å²) in [6, 6.07) is -0.575. The number of nitrogens with zero attached hydrogens (tertiary/aromatic N) is 1. The van der Waals surface area contributed by atoms with Crippen LogP contribution in [0.1, 0.15) is 116 Å². The van der Waals surface area contributed by atoms with Gasteiger partial charge in [-0.2, -0.15) is 0 Å². The summed E-state index contributed by atoms with van der Waals surface area (Å²) in [5, 5.41) is 19.3. The van der Waals surface area contributed by atoms with Crippen molar-refractivity contribution in [1.29, 1.82) is 0 Å². The summed E-state index contributed by atoms with van der Waals surface area (Å²) < 4.78 is 10.8. The Balaban J connectivity index is 3.49. The van der Waals surface area contributed by atoms with Gasteiger partial charge in [0.25, 0.3) is 0 Å². The van der Waals surface area contributed by atoms with Crippen molar-refractivity contribution < 1.29 is 33.8 Å². The van der Waals surface area contributed by atoms with Crippen LogP contribution >= 0.6 is 0 Å². The molecule has 0 bridgehead atoms. The van der Waals surface area contributed by atoms with Crippen molar-refractivity contribution in [2.75, 3.05) is 41.0 Å². The molecule has 0 radical (unpaired) electrons. The number of allylic oxidation sites excluding steroid dienone is 6. The van der Waals surface area contributed by atoms with Gasteiger partial charge >= 0.3 is 11.9 Å². The van der Waals surface area contributed by atoms with Gasteiger partial charge in [-0.3, -0.25) is 4.79 Å². The fourth-order valence-electron chi connectivity index (χ4n) is 4.51. The molecule has 0 heterocycles. The minimum atomic E-state index is -0.904. The summed E-state index contributed by atoms with van der Waals surface area (Å²) in [6.45, 7) is 2.31. The Hall–Kier alpha value is -1.96. The molecule has 2 unspecified atom stereocenters. The normalized spacial score (nSPS) is 13.9. The largest absolute Gasteiger partial charge is 0.477 e. The van der Waals surface area contributed by atoms with E-state index in [0.29, 0.717) is 17.3 Å². The molecule has 238 valence electrons. The average molecular weight is 581 g/mol. The second-order valence-corrected chi connectivity index (χ2v) is 11.9. The SMILES string of the molecule is CC/C=C/C/C=C/C/C=C/CCCCCCCCCCCCCC(=O)OCC(O)COCCC(C(=O)O)[N+](C)(C)C. The van der Waals surface area contributed by atoms with Gasteiger partial charge in [-0.05, 0) is 38.5 Å². The third-order valence-corrected chi connectivity index (χ3v) is 7.03. The van der Waals surface area contributed by atoms with Gasteiger partial charge in [0.05, 0.1) is 34.4 Å². The summed E-state index contributed by atoms with van der Waals surface area (Å²) in [6.07, 6.45) is 31.1. The van der Waals surface area contributed by atoms with Crippen LogP contribution in [0.3, 0.4) is 0 Å². The van der Waals surface area contributed by atoms with Gasteiger partial charge in [-0.15, -0.1) is 0 Å². The quantitative estimate of drug-likeness (QED) is 0.0434. The number of esters is 1. The third kappa shape index (κ3) is 26.7. The predicted octanol–water partition coefficient (Wildman–Crippen LogP) is 7.39. The van der Waals surface area contributed by atoms with E-state index >= 15 is 0 Å². The Kier molecular flexibility index (Phi) is 25.6. The highest BCUT2D eigenvalue weighted by atomic mass is 16.5. The number of likely N-dealkylation sites (N-methyl/N-ethyl adjacent to an activating group) is 1. The number of carboxylic acids is 1. The van der Waals surface area contributed by atoms with Crippen molar-refractivity contribution in [3.8, 4) is 0 Å². The lowest BCUT2D eigenvalue weighted by Gasteiger charge is -2.31. The zero-order valence-electron chi connectivity index (χ0n) is 26.7. The van der Waals surface area contributed by atoms with E-state index in [1.807, 2.05) is 21.1 Å². The Morgan fingerprint density at radius 2 is 1.24 bits per heavy atom. The van der Waals surface area contributed by atoms with Gasteiger partial charge in [-0.1, -0.05) is 101 Å². The van der Waals surface area contributed by atoms with Crippen molar-refractivity contribution in [3.05, 3.63) is 36.5 Å². The lowest BCUT2D eigenvalue weighted by molar-refractivity contribution is -0.887. The monoisotopic (exact) mass is 580 g/mol. The maximum Gasteiger partial charge on any atom is 0.362 e. The van der Waals surface area contributed by atoms with Crippen molar-refractivity contribution in [1.82, 2.24) is 0 Å². The molecule has 0 saturated carbocycles. The van der Waals surface area contributed by atoms with Crippen molar-refractivity contribution in [2.24, 2.45) is 0 Å². The molecule has 0 fully saturated rings. The Morgan fingerprint density at radius 1 is 0.732 bits per heavy atom. The van der Waals surface area contributed by atoms with Gasteiger partial charge in [-0.25, -0.2) is 4.79 Å². The number of carbonyl (C=O) groups is 2. The number of carboxylic acid groups (broad SMARTS) is 1. The van der Waals surface area contributed by atoms with E-state index in [9.17, 15) is 19.8 Å². The number of aliphatic hydroxyl groups excluding tert-OH is 1. The maximum absolute atomic E-state index is 11.9. The molecule has 0 aromatic carbocycles. The summed E-state index contributed by atoms with van der Waals surface area (Å²) >= 11 is 0. The smallest absolute Gasteiger partial charge is 0.362 e. The maximum atomic E-state index is 11.9. The van der Waals surface area contributed by atoms with Crippen LogP contribution in [-0.2, 0) is 19.1 Å². The van der Waals surface area contributed by atoms with Gasteiger partial charge in [0.15, 0.2) is 6.04 Å². The molecule has 41 heavy (non-hydrogen) atoms. The zero-order chi connectivity index (χ0) is 30.6. The van der Waals surface area contributed by atoms with Crippen LogP contribution in [0, 0.1) is 0 Å². The van der Waals surface area contributed by atoms with Crippen LogP contribution in [0.2, 0.25) is 0 Å². The van der Waals surface area contributed by atoms with Gasteiger partial charge in [0.1, 0.15) is 12.7 Å². The van der Waals surface area contributed by atoms with Crippen LogP contribution in [-0.4, -0.2) is 79.7 Å². The topological polar surface area (TPSA) is 93.1 Å². The number of quaternary nitrogens is 1. The Morgan fingerprint density at radius 3 is 1.78 bits per heavy atom. The van der Waals surface area contributed by atoms with Crippen LogP contribution in [0.4, 0.5) is 0 Å². The molecule has 0 aromatic rings. The summed E-state index contributed by atoms with van der Waals surface area (Å²) in [4.78, 5) is 23.3. The van der Waals surface area contributed by atoms with Crippen LogP contribution < -0.4 is 0 Å². The highest BCUT2D eigenvalue weighted by Crippen LogP contribution is 2.13. The predicted molar refractivity (Wildman–Crippen MR) is 169 cm³/mol. The fourth-order valence-corrected chi connectivity index (χ4v) is 4.51. The van der Waals surface area contributed by atoms with Gasteiger partial charge < -0.3 is 24.2 Å². The number of hydrogen-bond donors (Lipinski definition) is 2. The Bertz CT molecular complexity index is 725. The van der Waals surface area contributed by atoms with Gasteiger partial charge in [0.2, 0.25) is 0 Å². The van der Waals surface area contributed by atoms with E-state index < -0.39 is 18.1 Å². The standard InChI is InChI=1S/C34H61NO6/c1-5-6-7-8-9-10-11-12-13-14-15-16-17-18-19-20-21-22-23-24-25-26-33(37)41-30-31(36)29-40-28-27-32(34(38)39)35(2,3)4/h6-7,9-10,12-13,31-32,36H,5,8,11,14-30H2,1-4H3/p+1/b7-6+,10-9+,13-12+. The summed E-state index contributed by atoms with van der Waals surface area (Å²) in [5.41, 5.74) is 0. The molecular formula is C34H62NO6+. The molecule has 2 N–H and O–H groups in total. The second-order valence-electron chi connectivity index (χ2n) is 11.9. The van der Waals surface area contributed by atoms with E-state index in [1.165, 1.54) is 57.8 Å². The summed E-state index contributed by atoms with van der Waals surface area (Å²) in [7, 11) is 5.47. The number of aliphatic carboxylic acids is 1. The molecule has 7 heteroatoms. The summed E-state index contributed by atoms with van der Waals surface area (Å²) in [5.74, 6) is -1.16. The molecule has 0 rings (SSSR count). The van der Waals surface area contributed by atoms with Crippen molar-refractivity contribution in [2.45, 2.75) is 128 Å². The average Bonchev–Trinajstić information content (AvgIpc) is 2.91. The molecule has 0 spiro atoms. The first-order chi connectivity index (χ1) is 19.7. The number of rotatable bonds is 28. The van der Waals surface area contributed by atoms with E-state index in [0.717, 1.165) is 38.5 Å². The third-order valence-electron chi connectivity index (χ3n) is 7.03. The van der Waals surface area contributed by atoms with E-state index in [1.54, 1.807) is 0 Å². The molecule has 2 atom stereocenters. The minimum Gasteiger partial charge on any atom is -0.477 e. The first-order valence-electron chi connectivity index (χ1n) is 16.1. The Labute approximate surface area is 251 Å². The lowest BCUT2D eigenvalue weighted by Crippen LogP contribution is -2.50. The molecule has 0 aliphatic heterocycles. The zero-order valence-corrected chi connectivity index (χ0v) is 26.7. The highest BCUT2D eigenvalue weighted by molar-refractivity contribution is 5.72. The van der Waals surface area contributed by atoms with Crippen molar-refractivity contribution in [3.63, 3.8) is 0 Å². The molecule has 0 saturated heterocycles. The first-order valence-corrected chi connectivity index (χ1v) is 16.1. The van der Waals surface area contributed by atoms with E-state index in [4.69, 9.17) is 9.47 Å². The molecule has 0 aliphatic rings. The van der Waals surface area contributed by atoms with Crippen LogP contribution in [0.25, 0.3) is 0 Å². The minimum absolute atomic E-state index is 0.0178. The highest BCUT2D eigenvalue weighted by Gasteiger charge is 2.30. The molecule has 0 amide bonds. The number of unbranched alkanes of at least 4 members (excludes halogenated alkanes) is 11. The van der Waals surface area contributed by atoms with Gasteiger partial charge in [0, 0.05) is 12.8 Å². The number of hydrogen-bond acceptors (Lipinski definition) is 5.